The Kier molecular flexibility index (Phi) is 21.5. The Labute approximate surface area is 385 Å². The van der Waals surface area contributed by atoms with Crippen molar-refractivity contribution in [3.05, 3.63) is 232 Å². The van der Waals surface area contributed by atoms with E-state index in [1.807, 2.05) is 146 Å². The van der Waals surface area contributed by atoms with Crippen molar-refractivity contribution in [2.75, 3.05) is 0 Å². The van der Waals surface area contributed by atoms with Gasteiger partial charge in [-0.25, -0.2) is 19.9 Å². The molecule has 10 aromatic rings. The first-order valence-electron chi connectivity index (χ1n) is 18.7. The molecule has 0 aromatic carbocycles. The summed E-state index contributed by atoms with van der Waals surface area (Å²) in [5, 5.41) is 0. The van der Waals surface area contributed by atoms with Crippen LogP contribution in [-0.2, 0) is 39.0 Å². The van der Waals surface area contributed by atoms with E-state index in [0.717, 1.165) is 45.6 Å². The first kappa shape index (κ1) is 47.3. The van der Waals surface area contributed by atoms with Crippen molar-refractivity contribution in [3.63, 3.8) is 0 Å². The van der Waals surface area contributed by atoms with Crippen LogP contribution < -0.4 is 0 Å². The Morgan fingerprint density at radius 2 is 0.306 bits per heavy atom. The summed E-state index contributed by atoms with van der Waals surface area (Å²) in [6.07, 6.45) is 20.8. The zero-order valence-electron chi connectivity index (χ0n) is 33.0. The summed E-state index contributed by atoms with van der Waals surface area (Å²) in [6.45, 7) is 0. The summed E-state index contributed by atoms with van der Waals surface area (Å²) in [7, 11) is 0. The van der Waals surface area contributed by atoms with E-state index in [4.69, 9.17) is 0 Å². The van der Waals surface area contributed by atoms with E-state index in [-0.39, 0.29) is 39.0 Å². The second-order valence-corrected chi connectivity index (χ2v) is 11.9. The molecule has 12 nitrogen and oxygen atoms in total. The van der Waals surface area contributed by atoms with Gasteiger partial charge in [0.25, 0.3) is 0 Å². The Morgan fingerprint density at radius 1 is 0.161 bits per heavy atom. The van der Waals surface area contributed by atoms with Crippen molar-refractivity contribution in [2.24, 2.45) is 0 Å². The smallest absolute Gasteiger partial charge is 0.197 e. The molecule has 0 aliphatic carbocycles. The zero-order chi connectivity index (χ0) is 41.1. The molecule has 0 aliphatic rings. The molecule has 0 spiro atoms. The Hall–Kier alpha value is -7.39. The third-order valence-electron chi connectivity index (χ3n) is 7.70. The van der Waals surface area contributed by atoms with E-state index in [0.29, 0.717) is 11.6 Å². The van der Waals surface area contributed by atoms with Crippen molar-refractivity contribution >= 4 is 0 Å². The van der Waals surface area contributed by atoms with Crippen LogP contribution in [0.2, 0.25) is 0 Å². The molecule has 0 unspecified atom stereocenters. The molecule has 0 N–H and O–H groups in total. The van der Waals surface area contributed by atoms with Crippen LogP contribution in [0.1, 0.15) is 0 Å². The van der Waals surface area contributed by atoms with Crippen LogP contribution in [0, 0.1) is 0 Å². The topological polar surface area (TPSA) is 155 Å². The van der Waals surface area contributed by atoms with Crippen molar-refractivity contribution in [1.29, 1.82) is 0 Å². The Bertz CT molecular complexity index is 1980. The van der Waals surface area contributed by atoms with E-state index < -0.39 is 0 Å². The van der Waals surface area contributed by atoms with Crippen molar-refractivity contribution < 1.29 is 39.0 Å². The SMILES string of the molecule is [Ru].[Ru].c1ccc(-c2ccccn2)nc1.c1ccc(-c2ccccn2)nc1.c1ccc(-c2ccccn2)nc1.c1ccc(-c2ccccn2)nc1.c1cnc(-c2ncccn2)nc1. The average Bonchev–Trinajstić information content (AvgIpc) is 3.37. The van der Waals surface area contributed by atoms with Gasteiger partial charge in [-0.3, -0.25) is 39.9 Å². The fraction of sp³-hybridized carbons (Fsp3) is 0. The van der Waals surface area contributed by atoms with Crippen molar-refractivity contribution in [3.8, 4) is 57.2 Å². The molecule has 0 saturated carbocycles. The predicted molar refractivity (Wildman–Crippen MR) is 233 cm³/mol. The molecule has 0 atom stereocenters. The predicted octanol–water partition coefficient (Wildman–Crippen LogP) is 9.50. The molecule has 306 valence electrons. The van der Waals surface area contributed by atoms with Crippen LogP contribution in [-0.4, -0.2) is 59.8 Å². The normalized spacial score (nSPS) is 9.35. The summed E-state index contributed by atoms with van der Waals surface area (Å²) in [5.41, 5.74) is 7.32. The third kappa shape index (κ3) is 16.3. The van der Waals surface area contributed by atoms with Gasteiger partial charge in [0.05, 0.1) is 45.6 Å². The standard InChI is InChI=1S/4C10H8N2.C8H6N4.2Ru/c4*1-3-7-11-9(5-1)10-6-2-4-8-12-10;1-3-9-7(10-4-1)8-11-5-2-6-12-8;;/h4*1-8H;1-6H;;. The summed E-state index contributed by atoms with van der Waals surface area (Å²) < 4.78 is 0. The molecule has 0 radical (unpaired) electrons. The number of hydrogen-bond donors (Lipinski definition) is 0. The molecule has 0 amide bonds. The monoisotopic (exact) mass is 986 g/mol. The van der Waals surface area contributed by atoms with E-state index in [1.165, 1.54) is 0 Å². The molecule has 0 fully saturated rings. The summed E-state index contributed by atoms with van der Waals surface area (Å²) in [5.74, 6) is 1.11. The molecule has 10 aromatic heterocycles. The van der Waals surface area contributed by atoms with Gasteiger partial charge < -0.3 is 0 Å². The minimum Gasteiger partial charge on any atom is -0.255 e. The summed E-state index contributed by atoms with van der Waals surface area (Å²) in [6, 6.07) is 49.9. The fourth-order valence-electron chi connectivity index (χ4n) is 4.94. The van der Waals surface area contributed by atoms with E-state index in [2.05, 4.69) is 59.8 Å². The van der Waals surface area contributed by atoms with Gasteiger partial charge in [0.1, 0.15) is 0 Å². The molecule has 62 heavy (non-hydrogen) atoms. The Morgan fingerprint density at radius 3 is 0.435 bits per heavy atom. The maximum Gasteiger partial charge on any atom is 0.197 e. The number of aromatic nitrogens is 12. The first-order chi connectivity index (χ1) is 29.8. The summed E-state index contributed by atoms with van der Waals surface area (Å²) >= 11 is 0. The van der Waals surface area contributed by atoms with Gasteiger partial charge in [0.2, 0.25) is 0 Å². The van der Waals surface area contributed by atoms with Crippen LogP contribution in [0.3, 0.4) is 0 Å². The maximum absolute atomic E-state index is 4.19. The fourth-order valence-corrected chi connectivity index (χ4v) is 4.94. The molecule has 0 aliphatic heterocycles. The molecule has 10 rings (SSSR count). The summed E-state index contributed by atoms with van der Waals surface area (Å²) in [4.78, 5) is 49.5. The van der Waals surface area contributed by atoms with Gasteiger partial charge in [0.15, 0.2) is 11.6 Å². The van der Waals surface area contributed by atoms with Crippen molar-refractivity contribution in [1.82, 2.24) is 59.8 Å². The van der Waals surface area contributed by atoms with Crippen molar-refractivity contribution in [2.45, 2.75) is 0 Å². The number of hydrogen-bond acceptors (Lipinski definition) is 12. The van der Waals surface area contributed by atoms with Gasteiger partial charge in [-0.05, 0) is 109 Å². The zero-order valence-corrected chi connectivity index (χ0v) is 36.5. The molecular formula is C48H38N12Ru2. The second-order valence-electron chi connectivity index (χ2n) is 11.9. The van der Waals surface area contributed by atoms with Crippen LogP contribution >= 0.6 is 0 Å². The number of nitrogens with zero attached hydrogens (tertiary/aromatic N) is 12. The number of rotatable bonds is 5. The van der Waals surface area contributed by atoms with E-state index in [9.17, 15) is 0 Å². The largest absolute Gasteiger partial charge is 0.255 e. The number of pyridine rings is 8. The van der Waals surface area contributed by atoms with E-state index >= 15 is 0 Å². The average molecular weight is 985 g/mol. The van der Waals surface area contributed by atoms with Gasteiger partial charge in [0, 0.05) is 113 Å². The molecule has 10 heterocycles. The van der Waals surface area contributed by atoms with E-state index in [1.54, 1.807) is 86.5 Å². The Balaban J connectivity index is 0.000000169. The van der Waals surface area contributed by atoms with Crippen LogP contribution in [0.5, 0.6) is 0 Å². The van der Waals surface area contributed by atoms with Crippen LogP contribution in [0.15, 0.2) is 232 Å². The molecule has 0 saturated heterocycles. The third-order valence-corrected chi connectivity index (χ3v) is 7.70. The van der Waals surface area contributed by atoms with Crippen LogP contribution in [0.4, 0.5) is 0 Å². The minimum atomic E-state index is 0. The quantitative estimate of drug-likeness (QED) is 0.151. The minimum absolute atomic E-state index is 0. The first-order valence-corrected chi connectivity index (χ1v) is 18.7. The van der Waals surface area contributed by atoms with Gasteiger partial charge >= 0.3 is 0 Å². The molecule has 0 bridgehead atoms. The maximum atomic E-state index is 4.19. The molecular weight excluding hydrogens is 947 g/mol. The van der Waals surface area contributed by atoms with Crippen LogP contribution in [0.25, 0.3) is 57.2 Å². The van der Waals surface area contributed by atoms with Gasteiger partial charge in [-0.15, -0.1) is 0 Å². The molecule has 14 heteroatoms. The second kappa shape index (κ2) is 28.1. The van der Waals surface area contributed by atoms with Gasteiger partial charge in [-0.2, -0.15) is 0 Å². The van der Waals surface area contributed by atoms with Gasteiger partial charge in [-0.1, -0.05) is 48.5 Å².